The van der Waals surface area contributed by atoms with E-state index in [2.05, 4.69) is 6.92 Å². The molecular formula is C10H18. The lowest BCUT2D eigenvalue weighted by Crippen LogP contribution is -2.25. The van der Waals surface area contributed by atoms with E-state index in [1.165, 1.54) is 19.3 Å². The van der Waals surface area contributed by atoms with Crippen molar-refractivity contribution in [2.45, 2.75) is 51.9 Å². The summed E-state index contributed by atoms with van der Waals surface area (Å²) in [7, 11) is 0. The van der Waals surface area contributed by atoms with Gasteiger partial charge >= 0.3 is 0 Å². The van der Waals surface area contributed by atoms with Gasteiger partial charge in [0.05, 0.1) is 0 Å². The fourth-order valence-corrected chi connectivity index (χ4v) is 2.81. The molecule has 0 aromatic heterocycles. The zero-order chi connectivity index (χ0) is 7.03. The smallest absolute Gasteiger partial charge is 0.0295 e. The highest BCUT2D eigenvalue weighted by atomic mass is 14.5. The molecule has 2 rings (SSSR count). The summed E-state index contributed by atoms with van der Waals surface area (Å²) in [6.45, 7) is 2.35. The maximum Gasteiger partial charge on any atom is -0.0295 e. The van der Waals surface area contributed by atoms with Crippen LogP contribution >= 0.6 is 0 Å². The molecule has 1 spiro atoms. The Labute approximate surface area is 64.0 Å². The number of hydrogen-bond donors (Lipinski definition) is 0. The Morgan fingerprint density at radius 3 is 2.40 bits per heavy atom. The molecule has 0 bridgehead atoms. The van der Waals surface area contributed by atoms with Crippen molar-refractivity contribution in [2.24, 2.45) is 11.3 Å². The van der Waals surface area contributed by atoms with Crippen LogP contribution in [-0.4, -0.2) is 0 Å². The molecule has 0 radical (unpaired) electrons. The van der Waals surface area contributed by atoms with Crippen LogP contribution in [0.15, 0.2) is 0 Å². The molecule has 0 nitrogen and oxygen atoms in total. The van der Waals surface area contributed by atoms with E-state index in [0.717, 1.165) is 11.3 Å². The van der Waals surface area contributed by atoms with Crippen LogP contribution in [-0.2, 0) is 0 Å². The van der Waals surface area contributed by atoms with Gasteiger partial charge in [0.1, 0.15) is 0 Å². The van der Waals surface area contributed by atoms with Gasteiger partial charge in [-0.15, -0.1) is 0 Å². The highest BCUT2D eigenvalue weighted by Crippen LogP contribution is 2.55. The summed E-state index contributed by atoms with van der Waals surface area (Å²) in [5.74, 6) is 1.10. The summed E-state index contributed by atoms with van der Waals surface area (Å²) in [6, 6.07) is 0. The predicted molar refractivity (Wildman–Crippen MR) is 43.9 cm³/mol. The molecule has 0 aromatic carbocycles. The van der Waals surface area contributed by atoms with Crippen molar-refractivity contribution in [1.82, 2.24) is 0 Å². The Morgan fingerprint density at radius 2 is 2.10 bits per heavy atom. The molecule has 2 fully saturated rings. The summed E-state index contributed by atoms with van der Waals surface area (Å²) < 4.78 is 0. The summed E-state index contributed by atoms with van der Waals surface area (Å²) in [5.41, 5.74) is 0.890. The Hall–Kier alpha value is 0. The van der Waals surface area contributed by atoms with Crippen LogP contribution in [0, 0.1) is 11.3 Å². The Bertz CT molecular complexity index is 122. The van der Waals surface area contributed by atoms with Crippen molar-refractivity contribution in [1.29, 1.82) is 0 Å². The number of rotatable bonds is 1. The van der Waals surface area contributed by atoms with Crippen molar-refractivity contribution in [3.63, 3.8) is 0 Å². The normalized spacial score (nSPS) is 36.3. The van der Waals surface area contributed by atoms with E-state index in [-0.39, 0.29) is 0 Å². The van der Waals surface area contributed by atoms with E-state index < -0.39 is 0 Å². The lowest BCUT2D eigenvalue weighted by Gasteiger charge is -2.38. The maximum atomic E-state index is 2.35. The van der Waals surface area contributed by atoms with Crippen LogP contribution in [0.25, 0.3) is 0 Å². The molecule has 2 aliphatic rings. The van der Waals surface area contributed by atoms with E-state index in [0.29, 0.717) is 0 Å². The molecule has 2 saturated carbocycles. The highest BCUT2D eigenvalue weighted by Gasteiger charge is 2.42. The quantitative estimate of drug-likeness (QED) is 0.521. The molecule has 58 valence electrons. The average molecular weight is 138 g/mol. The highest BCUT2D eigenvalue weighted by molar-refractivity contribution is 4.94. The second-order valence-electron chi connectivity index (χ2n) is 4.37. The van der Waals surface area contributed by atoms with Crippen LogP contribution in [0.2, 0.25) is 0 Å². The minimum absolute atomic E-state index is 0.890. The fourth-order valence-electron chi connectivity index (χ4n) is 2.81. The van der Waals surface area contributed by atoms with E-state index in [1.54, 1.807) is 25.7 Å². The zero-order valence-corrected chi connectivity index (χ0v) is 7.03. The van der Waals surface area contributed by atoms with Gasteiger partial charge in [-0.05, 0) is 43.4 Å². The van der Waals surface area contributed by atoms with Crippen LogP contribution < -0.4 is 0 Å². The molecular weight excluding hydrogens is 120 g/mol. The van der Waals surface area contributed by atoms with E-state index in [1.807, 2.05) is 0 Å². The molecule has 0 saturated heterocycles. The molecule has 0 amide bonds. The Balaban J connectivity index is 1.92. The SMILES string of the molecule is CC[C@@H]1CCC2(CCC2)C1. The largest absolute Gasteiger partial charge is 0.0651 e. The van der Waals surface area contributed by atoms with Gasteiger partial charge in [-0.1, -0.05) is 19.8 Å². The molecule has 0 heteroatoms. The second kappa shape index (κ2) is 2.25. The number of hydrogen-bond acceptors (Lipinski definition) is 0. The summed E-state index contributed by atoms with van der Waals surface area (Å²) >= 11 is 0. The van der Waals surface area contributed by atoms with Gasteiger partial charge in [0.25, 0.3) is 0 Å². The maximum absolute atomic E-state index is 2.35. The van der Waals surface area contributed by atoms with Crippen LogP contribution in [0.1, 0.15) is 51.9 Å². The molecule has 10 heavy (non-hydrogen) atoms. The Morgan fingerprint density at radius 1 is 1.30 bits per heavy atom. The van der Waals surface area contributed by atoms with Crippen molar-refractivity contribution < 1.29 is 0 Å². The first kappa shape index (κ1) is 6.69. The van der Waals surface area contributed by atoms with E-state index >= 15 is 0 Å². The first-order valence-electron chi connectivity index (χ1n) is 4.85. The van der Waals surface area contributed by atoms with Crippen molar-refractivity contribution in [3.05, 3.63) is 0 Å². The minimum Gasteiger partial charge on any atom is -0.0651 e. The van der Waals surface area contributed by atoms with Gasteiger partial charge in [-0.3, -0.25) is 0 Å². The summed E-state index contributed by atoms with van der Waals surface area (Å²) in [6.07, 6.45) is 10.7. The zero-order valence-electron chi connectivity index (χ0n) is 7.03. The molecule has 0 aromatic rings. The van der Waals surface area contributed by atoms with Gasteiger partial charge in [0, 0.05) is 0 Å². The third-order valence-electron chi connectivity index (χ3n) is 3.80. The lowest BCUT2D eigenvalue weighted by atomic mass is 9.67. The first-order valence-corrected chi connectivity index (χ1v) is 4.85. The molecule has 0 N–H and O–H groups in total. The predicted octanol–water partition coefficient (Wildman–Crippen LogP) is 3.37. The van der Waals surface area contributed by atoms with Gasteiger partial charge < -0.3 is 0 Å². The molecule has 0 unspecified atom stereocenters. The van der Waals surface area contributed by atoms with Crippen LogP contribution in [0.5, 0.6) is 0 Å². The average Bonchev–Trinajstić information content (AvgIpc) is 2.29. The third-order valence-corrected chi connectivity index (χ3v) is 3.80. The monoisotopic (exact) mass is 138 g/mol. The topological polar surface area (TPSA) is 0 Å². The summed E-state index contributed by atoms with van der Waals surface area (Å²) in [5, 5.41) is 0. The van der Waals surface area contributed by atoms with Gasteiger partial charge in [0.2, 0.25) is 0 Å². The van der Waals surface area contributed by atoms with Crippen molar-refractivity contribution in [3.8, 4) is 0 Å². The minimum atomic E-state index is 0.890. The fraction of sp³-hybridized carbons (Fsp3) is 1.00. The molecule has 1 atom stereocenters. The van der Waals surface area contributed by atoms with Crippen LogP contribution in [0.4, 0.5) is 0 Å². The molecule has 0 heterocycles. The van der Waals surface area contributed by atoms with Gasteiger partial charge in [0.15, 0.2) is 0 Å². The van der Waals surface area contributed by atoms with Crippen molar-refractivity contribution >= 4 is 0 Å². The molecule has 2 aliphatic carbocycles. The van der Waals surface area contributed by atoms with Gasteiger partial charge in [-0.25, -0.2) is 0 Å². The van der Waals surface area contributed by atoms with Crippen LogP contribution in [0.3, 0.4) is 0 Å². The third kappa shape index (κ3) is 0.889. The van der Waals surface area contributed by atoms with E-state index in [9.17, 15) is 0 Å². The lowest BCUT2D eigenvalue weighted by molar-refractivity contribution is 0.136. The first-order chi connectivity index (χ1) is 4.85. The van der Waals surface area contributed by atoms with Crippen molar-refractivity contribution in [2.75, 3.05) is 0 Å². The second-order valence-corrected chi connectivity index (χ2v) is 4.37. The standard InChI is InChI=1S/C10H18/c1-2-9-4-7-10(8-9)5-3-6-10/h9H,2-8H2,1H3/t9-/m1/s1. The van der Waals surface area contributed by atoms with Gasteiger partial charge in [-0.2, -0.15) is 0 Å². The molecule has 0 aliphatic heterocycles. The Kier molecular flexibility index (Phi) is 1.51. The van der Waals surface area contributed by atoms with E-state index in [4.69, 9.17) is 0 Å². The summed E-state index contributed by atoms with van der Waals surface area (Å²) in [4.78, 5) is 0.